The molecule has 0 aromatic heterocycles. The number of nitrogens with zero attached hydrogens (tertiary/aromatic N) is 4. The Labute approximate surface area is 811 Å². The molecule has 17 rings (SSSR count). The Morgan fingerprint density at radius 3 is 1.20 bits per heavy atom. The molecule has 12 aromatic rings. The number of carbonyl (C=O) groups is 1. The Bertz CT molecular complexity index is 5410. The molecular formula is C118H139Br2N4O8P. The summed E-state index contributed by atoms with van der Waals surface area (Å²) in [6.07, 6.45) is 18.5. The molecule has 4 unspecified atom stereocenters. The number of likely N-dealkylation sites (tertiary alicyclic amines) is 1. The molecular weight excluding hydrogens is 1790 g/mol. The van der Waals surface area contributed by atoms with Crippen molar-refractivity contribution in [1.29, 1.82) is 0 Å². The molecule has 698 valence electrons. The van der Waals surface area contributed by atoms with Gasteiger partial charge in [0, 0.05) is 75.5 Å². The van der Waals surface area contributed by atoms with Gasteiger partial charge in [0.25, 0.3) is 0 Å². The number of piperidine rings is 1. The number of rotatable bonds is 39. The van der Waals surface area contributed by atoms with Crippen molar-refractivity contribution in [3.05, 3.63) is 389 Å². The summed E-state index contributed by atoms with van der Waals surface area (Å²) in [5.74, 6) is 7.97. The van der Waals surface area contributed by atoms with Crippen molar-refractivity contribution in [2.45, 2.75) is 179 Å². The van der Waals surface area contributed by atoms with Crippen molar-refractivity contribution < 1.29 is 38.7 Å². The first-order valence-corrected chi connectivity index (χ1v) is 52.3. The molecule has 1 spiro atoms. The van der Waals surface area contributed by atoms with Gasteiger partial charge in [-0.05, 0) is 249 Å². The van der Waals surface area contributed by atoms with E-state index < -0.39 is 17.9 Å². The molecule has 133 heavy (non-hydrogen) atoms. The Kier molecular flexibility index (Phi) is 38.5. The van der Waals surface area contributed by atoms with Crippen LogP contribution in [0.2, 0.25) is 0 Å². The average Bonchev–Trinajstić information content (AvgIpc) is 1.52. The van der Waals surface area contributed by atoms with E-state index in [1.165, 1.54) is 104 Å². The summed E-state index contributed by atoms with van der Waals surface area (Å²) in [5, 5.41) is 29.4. The molecule has 0 radical (unpaired) electrons. The number of halogens is 2. The number of hydrogen-bond donors (Lipinski definition) is 2. The normalized spacial score (nSPS) is 18.0. The lowest BCUT2D eigenvalue weighted by atomic mass is 9.48. The van der Waals surface area contributed by atoms with E-state index in [1.807, 2.05) is 6.07 Å². The highest BCUT2D eigenvalue weighted by Gasteiger charge is 2.72. The van der Waals surface area contributed by atoms with E-state index in [9.17, 15) is 10.2 Å². The minimum Gasteiger partial charge on any atom is -0.504 e. The first kappa shape index (κ1) is 100. The summed E-state index contributed by atoms with van der Waals surface area (Å²) in [4.78, 5) is 18.9. The number of ether oxygens (including phenoxy) is 5. The number of hydrogen-bond acceptors (Lipinski definition) is 12. The quantitative estimate of drug-likeness (QED) is 0.0165. The number of aliphatic hydroxyl groups is 1. The maximum absolute atomic E-state index is 12.7. The van der Waals surface area contributed by atoms with Crippen LogP contribution in [0.15, 0.2) is 333 Å². The summed E-state index contributed by atoms with van der Waals surface area (Å²) in [6.45, 7) is 16.7. The molecule has 2 N–H and O–H groups in total. The fraction of sp³-hybridized carbons (Fsp3) is 0.356. The molecule has 2 aliphatic heterocycles. The van der Waals surface area contributed by atoms with Gasteiger partial charge in [-0.15, -0.1) is 0 Å². The summed E-state index contributed by atoms with van der Waals surface area (Å²) >= 11 is 6.37. The van der Waals surface area contributed by atoms with Gasteiger partial charge in [-0.1, -0.05) is 346 Å². The molecule has 12 nitrogen and oxygen atoms in total. The van der Waals surface area contributed by atoms with Gasteiger partial charge >= 0.3 is 0 Å². The van der Waals surface area contributed by atoms with E-state index in [0.29, 0.717) is 11.1 Å². The van der Waals surface area contributed by atoms with E-state index in [0.717, 1.165) is 163 Å². The van der Waals surface area contributed by atoms with Gasteiger partial charge < -0.3 is 53.4 Å². The van der Waals surface area contributed by atoms with E-state index >= 15 is 0 Å². The van der Waals surface area contributed by atoms with Crippen molar-refractivity contribution in [1.82, 2.24) is 19.6 Å². The number of phenols is 1. The largest absolute Gasteiger partial charge is 0.504 e. The number of aromatic hydroxyl groups is 1. The van der Waals surface area contributed by atoms with Crippen LogP contribution >= 0.6 is 38.7 Å². The Morgan fingerprint density at radius 1 is 0.466 bits per heavy atom. The number of carbonyl (C=O) groups excluding carboxylic acids is 1. The molecule has 15 heteroatoms. The first-order valence-electron chi connectivity index (χ1n) is 48.2. The van der Waals surface area contributed by atoms with Crippen LogP contribution in [0.25, 0.3) is 0 Å². The Morgan fingerprint density at radius 2 is 0.835 bits per heavy atom. The van der Waals surface area contributed by atoms with Crippen LogP contribution in [-0.2, 0) is 16.6 Å². The SMILES string of the molecule is CCCCC(Oc1ccc(C)cc1)c1ccccc1.Cc1ccc(OC(CCN(C)CC/C=C2/CC[C@@]3(O)[C@H]4Cc5ccc(O)c6c5[C@@]3(CCN4CC3CC3)[C@H]2O6)c2ccccc2)cc1.Cc1ccc(OC(CCN(C)CCC=P(c2ccccc2)(c2ccccc2)c2ccccc2)c2ccccc2)cc1.Cc1ccc(OC(CCN(C)CCCBr)c2ccccc2)cc1.O=CCBr. The maximum atomic E-state index is 12.7. The third kappa shape index (κ3) is 27.6. The lowest BCUT2D eigenvalue weighted by Gasteiger charge is -2.63. The molecule has 2 bridgehead atoms. The lowest BCUT2D eigenvalue weighted by molar-refractivity contribution is -0.174. The molecule has 8 atom stereocenters. The molecule has 5 aliphatic rings. The zero-order valence-corrected chi connectivity index (χ0v) is 83.5. The molecule has 1 saturated heterocycles. The summed E-state index contributed by atoms with van der Waals surface area (Å²) in [7, 11) is 6.60. The highest BCUT2D eigenvalue weighted by molar-refractivity contribution is 9.09. The Hall–Kier alpha value is -10.1. The van der Waals surface area contributed by atoms with E-state index in [1.54, 1.807) is 6.07 Å². The second-order valence-corrected chi connectivity index (χ2v) is 41.4. The van der Waals surface area contributed by atoms with Gasteiger partial charge in [-0.3, -0.25) is 4.90 Å². The zero-order chi connectivity index (χ0) is 93.2. The summed E-state index contributed by atoms with van der Waals surface area (Å²) in [5.41, 5.74) is 12.2. The predicted octanol–water partition coefficient (Wildman–Crippen LogP) is 25.5. The molecule has 3 fully saturated rings. The highest BCUT2D eigenvalue weighted by Crippen LogP contribution is 2.67. The molecule has 0 amide bonds. The van der Waals surface area contributed by atoms with Crippen LogP contribution in [0.1, 0.15) is 177 Å². The third-order valence-electron chi connectivity index (χ3n) is 26.7. The smallest absolute Gasteiger partial charge is 0.166 e. The second kappa shape index (κ2) is 51.0. The Balaban J connectivity index is 0.000000157. The topological polar surface area (TPSA) is 117 Å². The monoisotopic (exact) mass is 1930 g/mol. The van der Waals surface area contributed by atoms with E-state index in [4.69, 9.17) is 28.5 Å². The highest BCUT2D eigenvalue weighted by atomic mass is 79.9. The lowest BCUT2D eigenvalue weighted by Crippen LogP contribution is -2.75. The van der Waals surface area contributed by atoms with Crippen LogP contribution in [0.4, 0.5) is 0 Å². The number of aldehydes is 1. The maximum Gasteiger partial charge on any atom is 0.166 e. The van der Waals surface area contributed by atoms with Crippen molar-refractivity contribution in [2.24, 2.45) is 5.92 Å². The van der Waals surface area contributed by atoms with Gasteiger partial charge in [0.05, 0.1) is 16.3 Å². The van der Waals surface area contributed by atoms with Crippen LogP contribution in [0, 0.1) is 33.6 Å². The van der Waals surface area contributed by atoms with Gasteiger partial charge in [0.15, 0.2) is 11.5 Å². The molecule has 12 aromatic carbocycles. The number of benzene rings is 12. The van der Waals surface area contributed by atoms with Gasteiger partial charge in [0.1, 0.15) is 59.8 Å². The van der Waals surface area contributed by atoms with Crippen LogP contribution in [0.3, 0.4) is 0 Å². The zero-order valence-electron chi connectivity index (χ0n) is 79.4. The number of aryl methyl sites for hydroxylation is 4. The predicted molar refractivity (Wildman–Crippen MR) is 561 cm³/mol. The molecule has 2 heterocycles. The number of unbranched alkanes of at least 4 members (excludes halogenated alkanes) is 1. The minimum atomic E-state index is -1.92. The standard InChI is InChI=1S/C40H48N2O4.C38H40NOP.C20H26BrNO.C18H22O.C2H3BrO/c1-27-10-15-32(16-11-27)45-34(29-7-4-3-5-8-29)19-23-41(2)22-6-9-30-18-20-40(44)35-25-31-14-17-33(43)37-36(31)39(40,38(30)46-37)21-24-42(35)26-28-12-13-28;1-32-24-26-34(27-25-32)40-38(33-16-7-3-8-17-33)28-30-39(2)29-15-31-41(35-18-9-4-10-19-35,36-20-11-5-12-21-36)37-22-13-6-14-23-37;1-17-9-11-19(12-10-17)23-20(18-7-4-3-5-8-18)13-16-22(2)15-6-14-21;1-3-4-10-18(16-8-6-5-7-9-16)19-17-13-11-15(2)12-14-17;3-1-2-4/h3-5,7-11,14-17,28,34-35,38,43-44H,6,12-13,18-26H2,1-2H3;3-14,16-27,31,38H,15,28-30H2,1-2H3;3-5,7-12,20H,6,13-16H2,1-2H3;5-9,11-14,18H,3-4,10H2,1-2H3;2H,1H2/b30-9-;;;;/t34?,35-,38+,39+,40-;;;;/m1..../s1. The number of alkyl halides is 2. The minimum absolute atomic E-state index is 0.00915. The average molecular weight is 1930 g/mol. The van der Waals surface area contributed by atoms with E-state index in [2.05, 4.69) is 428 Å². The van der Waals surface area contributed by atoms with E-state index in [-0.39, 0.29) is 42.3 Å². The fourth-order valence-electron chi connectivity index (χ4n) is 19.3. The first-order chi connectivity index (χ1) is 64.9. The summed E-state index contributed by atoms with van der Waals surface area (Å²) < 4.78 is 32.2. The van der Waals surface area contributed by atoms with Crippen molar-refractivity contribution in [3.8, 4) is 34.5 Å². The fourth-order valence-corrected chi connectivity index (χ4v) is 23.5. The van der Waals surface area contributed by atoms with Gasteiger partial charge in [-0.2, -0.15) is 0 Å². The molecule has 3 aliphatic carbocycles. The third-order valence-corrected chi connectivity index (χ3v) is 31.7. The van der Waals surface area contributed by atoms with Crippen LogP contribution in [-0.4, -0.2) is 144 Å². The van der Waals surface area contributed by atoms with Crippen molar-refractivity contribution in [2.75, 3.05) is 84.2 Å². The van der Waals surface area contributed by atoms with Crippen LogP contribution in [0.5, 0.6) is 34.5 Å². The summed E-state index contributed by atoms with van der Waals surface area (Å²) in [6, 6.07) is 113. The number of phenolic OH excluding ortho intramolecular Hbond substituents is 1. The molecule has 2 saturated carbocycles. The second-order valence-electron chi connectivity index (χ2n) is 36.6. The van der Waals surface area contributed by atoms with Crippen LogP contribution < -0.4 is 39.6 Å². The van der Waals surface area contributed by atoms with Gasteiger partial charge in [0.2, 0.25) is 0 Å². The van der Waals surface area contributed by atoms with Crippen molar-refractivity contribution >= 4 is 66.7 Å². The van der Waals surface area contributed by atoms with Crippen molar-refractivity contribution in [3.63, 3.8) is 0 Å². The van der Waals surface area contributed by atoms with Gasteiger partial charge in [-0.25, -0.2) is 0 Å².